The molecule has 0 saturated carbocycles. The quantitative estimate of drug-likeness (QED) is 0.658. The van der Waals surface area contributed by atoms with Crippen LogP contribution < -0.4 is 5.32 Å². The van der Waals surface area contributed by atoms with E-state index in [2.05, 4.69) is 10.3 Å². The second-order valence-corrected chi connectivity index (χ2v) is 2.97. The first-order valence-electron chi connectivity index (χ1n) is 4.34. The van der Waals surface area contributed by atoms with Crippen LogP contribution in [0.2, 0.25) is 0 Å². The molecule has 0 aromatic carbocycles. The van der Waals surface area contributed by atoms with Gasteiger partial charge in [0.2, 0.25) is 0 Å². The lowest BCUT2D eigenvalue weighted by Gasteiger charge is -2.23. The minimum absolute atomic E-state index is 0.116. The van der Waals surface area contributed by atoms with Gasteiger partial charge in [-0.25, -0.2) is 0 Å². The first-order chi connectivity index (χ1) is 6.38. The highest BCUT2D eigenvalue weighted by molar-refractivity contribution is 5.27. The van der Waals surface area contributed by atoms with Crippen molar-refractivity contribution < 1.29 is 9.84 Å². The molecule has 1 aromatic heterocycles. The van der Waals surface area contributed by atoms with Gasteiger partial charge in [0.1, 0.15) is 17.5 Å². The molecular weight excluding hydrogens is 168 g/mol. The second-order valence-electron chi connectivity index (χ2n) is 2.97. The van der Waals surface area contributed by atoms with E-state index in [4.69, 9.17) is 4.74 Å². The van der Waals surface area contributed by atoms with Gasteiger partial charge in [-0.05, 0) is 12.1 Å². The van der Waals surface area contributed by atoms with Crippen LogP contribution >= 0.6 is 0 Å². The van der Waals surface area contributed by atoms with E-state index in [0.29, 0.717) is 18.8 Å². The molecule has 1 aliphatic heterocycles. The maximum absolute atomic E-state index is 9.49. The Labute approximate surface area is 76.6 Å². The number of ether oxygens (including phenoxy) is 1. The summed E-state index contributed by atoms with van der Waals surface area (Å²) in [6.07, 6.45) is 1.54. The maximum atomic E-state index is 9.49. The number of hydrogen-bond acceptors (Lipinski definition) is 4. The largest absolute Gasteiger partial charge is 0.506 e. The molecule has 0 amide bonds. The molecule has 4 nitrogen and oxygen atoms in total. The second kappa shape index (κ2) is 3.72. The molecule has 70 valence electrons. The maximum Gasteiger partial charge on any atom is 0.139 e. The zero-order valence-corrected chi connectivity index (χ0v) is 7.23. The summed E-state index contributed by atoms with van der Waals surface area (Å²) < 4.78 is 5.46. The first-order valence-corrected chi connectivity index (χ1v) is 4.34. The summed E-state index contributed by atoms with van der Waals surface area (Å²) in [4.78, 5) is 4.09. The predicted molar refractivity (Wildman–Crippen MR) is 47.5 cm³/mol. The Hall–Kier alpha value is -1.13. The smallest absolute Gasteiger partial charge is 0.139 e. The average Bonchev–Trinajstić information content (AvgIpc) is 2.20. The van der Waals surface area contributed by atoms with Crippen LogP contribution in [0.3, 0.4) is 0 Å². The standard InChI is InChI=1S/C9H12N2O2/c12-7-2-1-3-11-9(7)8-6-10-4-5-13-8/h1-3,8,10,12H,4-6H2. The Morgan fingerprint density at radius 3 is 3.23 bits per heavy atom. The zero-order chi connectivity index (χ0) is 9.10. The van der Waals surface area contributed by atoms with Crippen molar-refractivity contribution in [1.29, 1.82) is 0 Å². The van der Waals surface area contributed by atoms with Crippen LogP contribution in [0.1, 0.15) is 11.8 Å². The van der Waals surface area contributed by atoms with Crippen LogP contribution in [0.15, 0.2) is 18.3 Å². The topological polar surface area (TPSA) is 54.4 Å². The van der Waals surface area contributed by atoms with E-state index < -0.39 is 0 Å². The fourth-order valence-electron chi connectivity index (χ4n) is 1.40. The molecule has 0 radical (unpaired) electrons. The number of morpholine rings is 1. The van der Waals surface area contributed by atoms with Crippen molar-refractivity contribution in [2.24, 2.45) is 0 Å². The van der Waals surface area contributed by atoms with E-state index in [1.165, 1.54) is 0 Å². The molecule has 2 N–H and O–H groups in total. The minimum atomic E-state index is -0.116. The first kappa shape index (κ1) is 8.47. The number of pyridine rings is 1. The average molecular weight is 180 g/mol. The summed E-state index contributed by atoms with van der Waals surface area (Å²) in [7, 11) is 0. The molecule has 0 bridgehead atoms. The number of aromatic nitrogens is 1. The number of aromatic hydroxyl groups is 1. The molecule has 1 unspecified atom stereocenters. The third-order valence-corrected chi connectivity index (χ3v) is 2.05. The highest BCUT2D eigenvalue weighted by Crippen LogP contribution is 2.24. The van der Waals surface area contributed by atoms with E-state index in [0.717, 1.165) is 6.54 Å². The van der Waals surface area contributed by atoms with Crippen molar-refractivity contribution in [1.82, 2.24) is 10.3 Å². The molecular formula is C9H12N2O2. The fourth-order valence-corrected chi connectivity index (χ4v) is 1.40. The van der Waals surface area contributed by atoms with Gasteiger partial charge in [0.15, 0.2) is 0 Å². The molecule has 1 atom stereocenters. The Morgan fingerprint density at radius 2 is 2.54 bits per heavy atom. The summed E-state index contributed by atoms with van der Waals surface area (Å²) in [6, 6.07) is 3.33. The molecule has 1 saturated heterocycles. The lowest BCUT2D eigenvalue weighted by molar-refractivity contribution is 0.0235. The number of rotatable bonds is 1. The van der Waals surface area contributed by atoms with Crippen molar-refractivity contribution in [3.63, 3.8) is 0 Å². The zero-order valence-electron chi connectivity index (χ0n) is 7.23. The Bertz CT molecular complexity index is 285. The summed E-state index contributed by atoms with van der Waals surface area (Å²) in [5, 5.41) is 12.7. The lowest BCUT2D eigenvalue weighted by Crippen LogP contribution is -2.33. The molecule has 0 aliphatic carbocycles. The normalized spacial score (nSPS) is 22.9. The van der Waals surface area contributed by atoms with Gasteiger partial charge in [0.05, 0.1) is 6.61 Å². The number of nitrogens with one attached hydrogen (secondary N) is 1. The van der Waals surface area contributed by atoms with E-state index in [-0.39, 0.29) is 11.9 Å². The van der Waals surface area contributed by atoms with Gasteiger partial charge >= 0.3 is 0 Å². The van der Waals surface area contributed by atoms with Crippen molar-refractivity contribution in [2.45, 2.75) is 6.10 Å². The van der Waals surface area contributed by atoms with Crippen LogP contribution in [-0.4, -0.2) is 29.8 Å². The predicted octanol–water partition coefficient (Wildman–Crippen LogP) is 0.448. The minimum Gasteiger partial charge on any atom is -0.506 e. The molecule has 1 aliphatic rings. The van der Waals surface area contributed by atoms with Crippen LogP contribution in [0.25, 0.3) is 0 Å². The third-order valence-electron chi connectivity index (χ3n) is 2.05. The van der Waals surface area contributed by atoms with Crippen molar-refractivity contribution in [2.75, 3.05) is 19.7 Å². The monoisotopic (exact) mass is 180 g/mol. The van der Waals surface area contributed by atoms with Crippen molar-refractivity contribution in [3.05, 3.63) is 24.0 Å². The molecule has 13 heavy (non-hydrogen) atoms. The highest BCUT2D eigenvalue weighted by atomic mass is 16.5. The Morgan fingerprint density at radius 1 is 1.62 bits per heavy atom. The molecule has 2 heterocycles. The lowest BCUT2D eigenvalue weighted by atomic mass is 10.2. The van der Waals surface area contributed by atoms with Gasteiger partial charge in [0, 0.05) is 19.3 Å². The van der Waals surface area contributed by atoms with Gasteiger partial charge in [-0.2, -0.15) is 0 Å². The third kappa shape index (κ3) is 1.79. The van der Waals surface area contributed by atoms with Crippen LogP contribution in [0, 0.1) is 0 Å². The van der Waals surface area contributed by atoms with Crippen molar-refractivity contribution >= 4 is 0 Å². The summed E-state index contributed by atoms with van der Waals surface area (Å²) in [5.41, 5.74) is 0.620. The summed E-state index contributed by atoms with van der Waals surface area (Å²) in [6.45, 7) is 2.25. The molecule has 1 aromatic rings. The summed E-state index contributed by atoms with van der Waals surface area (Å²) in [5.74, 6) is 0.205. The van der Waals surface area contributed by atoms with Gasteiger partial charge in [-0.3, -0.25) is 4.98 Å². The number of nitrogens with zero attached hydrogens (tertiary/aromatic N) is 1. The van der Waals surface area contributed by atoms with Gasteiger partial charge in [-0.15, -0.1) is 0 Å². The van der Waals surface area contributed by atoms with Crippen LogP contribution in [0.5, 0.6) is 5.75 Å². The Kier molecular flexibility index (Phi) is 2.42. The van der Waals surface area contributed by atoms with Gasteiger partial charge in [0.25, 0.3) is 0 Å². The van der Waals surface area contributed by atoms with Crippen LogP contribution in [-0.2, 0) is 4.74 Å². The number of hydrogen-bond donors (Lipinski definition) is 2. The fraction of sp³-hybridized carbons (Fsp3) is 0.444. The highest BCUT2D eigenvalue weighted by Gasteiger charge is 2.19. The van der Waals surface area contributed by atoms with Crippen LogP contribution in [0.4, 0.5) is 0 Å². The SMILES string of the molecule is Oc1cccnc1C1CNCCO1. The van der Waals surface area contributed by atoms with Crippen molar-refractivity contribution in [3.8, 4) is 5.75 Å². The molecule has 2 rings (SSSR count). The van der Waals surface area contributed by atoms with E-state index in [1.807, 2.05) is 0 Å². The Balaban J connectivity index is 2.18. The summed E-state index contributed by atoms with van der Waals surface area (Å²) >= 11 is 0. The van der Waals surface area contributed by atoms with Gasteiger partial charge < -0.3 is 15.2 Å². The molecule has 0 spiro atoms. The van der Waals surface area contributed by atoms with E-state index in [9.17, 15) is 5.11 Å². The van der Waals surface area contributed by atoms with E-state index >= 15 is 0 Å². The molecule has 4 heteroatoms. The van der Waals surface area contributed by atoms with E-state index in [1.54, 1.807) is 18.3 Å². The molecule has 1 fully saturated rings. The van der Waals surface area contributed by atoms with Gasteiger partial charge in [-0.1, -0.05) is 0 Å².